The van der Waals surface area contributed by atoms with Crippen molar-refractivity contribution < 1.29 is 24.3 Å². The highest BCUT2D eigenvalue weighted by Crippen LogP contribution is 2.41. The summed E-state index contributed by atoms with van der Waals surface area (Å²) in [5.74, 6) is -0.762. The highest BCUT2D eigenvalue weighted by Gasteiger charge is 2.20. The molecule has 0 heterocycles. The zero-order valence-corrected chi connectivity index (χ0v) is 25.7. The third kappa shape index (κ3) is 6.73. The lowest BCUT2D eigenvalue weighted by molar-refractivity contribution is 0.0962. The van der Waals surface area contributed by atoms with Crippen LogP contribution in [0.25, 0.3) is 21.5 Å². The molecule has 0 atom stereocenters. The van der Waals surface area contributed by atoms with Crippen LogP contribution in [0, 0.1) is 0 Å². The molecule has 0 aliphatic heterocycles. The monoisotopic (exact) mass is 625 g/mol. The minimum atomic E-state index is -0.551. The van der Waals surface area contributed by atoms with Gasteiger partial charge in [0.25, 0.3) is 11.8 Å². The third-order valence-corrected chi connectivity index (χ3v) is 7.56. The average molecular weight is 626 g/mol. The van der Waals surface area contributed by atoms with Crippen molar-refractivity contribution in [1.82, 2.24) is 5.32 Å². The van der Waals surface area contributed by atoms with Crippen LogP contribution in [0.5, 0.6) is 11.5 Å². The first-order valence-corrected chi connectivity index (χ1v) is 14.8. The minimum Gasteiger partial charge on any atom is -0.505 e. The van der Waals surface area contributed by atoms with Crippen LogP contribution in [0.4, 0.5) is 22.7 Å². The van der Waals surface area contributed by atoms with Crippen LogP contribution in [-0.2, 0) is 11.4 Å². The predicted molar refractivity (Wildman–Crippen MR) is 183 cm³/mol. The standard InChI is InChI=1S/C37H31N5O5/c1-38-36(44)25-16-17-29-26(20-25)21-30(37(45)39-31-14-8-10-24-9-6-7-13-28(24)31)35(43)34(29)41-40-32-19-23(15-18-33(32)46-2)22-47-42-27-11-4-3-5-12-27/h3-21,42-43H,22H2,1-2H3,(H,38,44)(H,39,45). The SMILES string of the molecule is CNC(=O)c1ccc2c(N=Nc3cc(CONc4ccccc4)ccc3OC)c(O)c(C(=O)Nc3cccc4ccccc34)cc2c1. The summed E-state index contributed by atoms with van der Waals surface area (Å²) >= 11 is 0. The number of phenolic OH excluding ortho intramolecular Hbond substituents is 1. The summed E-state index contributed by atoms with van der Waals surface area (Å²) in [7, 11) is 3.06. The third-order valence-electron chi connectivity index (χ3n) is 7.56. The minimum absolute atomic E-state index is 0.0328. The Morgan fingerprint density at radius 1 is 0.766 bits per heavy atom. The Labute approximate surface area is 270 Å². The Kier molecular flexibility index (Phi) is 9.03. The number of nitrogens with one attached hydrogen (secondary N) is 3. The maximum Gasteiger partial charge on any atom is 0.259 e. The van der Waals surface area contributed by atoms with Gasteiger partial charge in [-0.2, -0.15) is 0 Å². The van der Waals surface area contributed by atoms with E-state index in [9.17, 15) is 14.7 Å². The molecular weight excluding hydrogens is 594 g/mol. The molecular formula is C37H31N5O5. The van der Waals surface area contributed by atoms with E-state index in [1.807, 2.05) is 72.8 Å². The van der Waals surface area contributed by atoms with Crippen molar-refractivity contribution in [2.45, 2.75) is 6.61 Å². The van der Waals surface area contributed by atoms with Crippen LogP contribution in [-0.4, -0.2) is 31.1 Å². The summed E-state index contributed by atoms with van der Waals surface area (Å²) in [5, 5.41) is 28.7. The number of phenols is 1. The van der Waals surface area contributed by atoms with Gasteiger partial charge in [-0.05, 0) is 64.9 Å². The number of amides is 2. The molecule has 0 fully saturated rings. The number of aromatic hydroxyl groups is 1. The van der Waals surface area contributed by atoms with E-state index in [0.717, 1.165) is 22.0 Å². The number of hydrogen-bond acceptors (Lipinski definition) is 8. The number of azo groups is 1. The number of carbonyl (C=O) groups is 2. The molecule has 10 heteroatoms. The molecule has 6 rings (SSSR count). The van der Waals surface area contributed by atoms with Crippen molar-refractivity contribution in [3.63, 3.8) is 0 Å². The van der Waals surface area contributed by atoms with Gasteiger partial charge in [-0.15, -0.1) is 10.2 Å². The number of carbonyl (C=O) groups excluding carboxylic acids is 2. The average Bonchev–Trinajstić information content (AvgIpc) is 3.11. The van der Waals surface area contributed by atoms with E-state index < -0.39 is 5.91 Å². The van der Waals surface area contributed by atoms with Crippen LogP contribution < -0.4 is 20.9 Å². The first kappa shape index (κ1) is 30.8. The summed E-state index contributed by atoms with van der Waals surface area (Å²) in [6.45, 7) is 0.224. The number of anilines is 2. The van der Waals surface area contributed by atoms with Crippen LogP contribution in [0.3, 0.4) is 0 Å². The maximum absolute atomic E-state index is 13.7. The molecule has 0 unspecified atom stereocenters. The second kappa shape index (κ2) is 13.8. The first-order valence-electron chi connectivity index (χ1n) is 14.8. The van der Waals surface area contributed by atoms with Crippen LogP contribution >= 0.6 is 0 Å². The highest BCUT2D eigenvalue weighted by atomic mass is 16.6. The van der Waals surface area contributed by atoms with Gasteiger partial charge in [0.05, 0.1) is 25.0 Å². The normalized spacial score (nSPS) is 11.1. The number of hydrogen-bond donors (Lipinski definition) is 4. The Balaban J connectivity index is 1.37. The number of rotatable bonds is 10. The van der Waals surface area contributed by atoms with Gasteiger partial charge >= 0.3 is 0 Å². The van der Waals surface area contributed by atoms with E-state index >= 15 is 0 Å². The van der Waals surface area contributed by atoms with Gasteiger partial charge < -0.3 is 20.5 Å². The van der Waals surface area contributed by atoms with Crippen molar-refractivity contribution in [3.05, 3.63) is 132 Å². The van der Waals surface area contributed by atoms with E-state index in [4.69, 9.17) is 9.57 Å². The van der Waals surface area contributed by atoms with Crippen molar-refractivity contribution in [3.8, 4) is 11.5 Å². The molecule has 0 saturated carbocycles. The van der Waals surface area contributed by atoms with E-state index in [1.165, 1.54) is 20.2 Å². The summed E-state index contributed by atoms with van der Waals surface area (Å²) < 4.78 is 5.52. The molecule has 0 aromatic heterocycles. The van der Waals surface area contributed by atoms with Crippen LogP contribution in [0.15, 0.2) is 125 Å². The second-order valence-corrected chi connectivity index (χ2v) is 10.6. The lowest BCUT2D eigenvalue weighted by Gasteiger charge is -2.13. The molecule has 0 aliphatic carbocycles. The summed E-state index contributed by atoms with van der Waals surface area (Å²) in [6, 6.07) is 34.6. The fourth-order valence-corrected chi connectivity index (χ4v) is 5.18. The molecule has 0 saturated heterocycles. The van der Waals surface area contributed by atoms with Gasteiger partial charge in [0.1, 0.15) is 17.1 Å². The van der Waals surface area contributed by atoms with Gasteiger partial charge in [-0.1, -0.05) is 66.7 Å². The number of nitrogens with zero attached hydrogens (tertiary/aromatic N) is 2. The molecule has 6 aromatic rings. The van der Waals surface area contributed by atoms with E-state index in [1.54, 1.807) is 36.4 Å². The van der Waals surface area contributed by atoms with Gasteiger partial charge in [0.2, 0.25) is 0 Å². The molecule has 234 valence electrons. The second-order valence-electron chi connectivity index (χ2n) is 10.6. The fraction of sp³-hybridized carbons (Fsp3) is 0.0811. The molecule has 0 radical (unpaired) electrons. The number of fused-ring (bicyclic) bond motifs is 2. The molecule has 4 N–H and O–H groups in total. The number of ether oxygens (including phenoxy) is 1. The van der Waals surface area contributed by atoms with Gasteiger partial charge in [0.15, 0.2) is 5.75 Å². The molecule has 2 amide bonds. The van der Waals surface area contributed by atoms with Crippen molar-refractivity contribution in [1.29, 1.82) is 0 Å². The molecule has 6 aromatic carbocycles. The topological polar surface area (TPSA) is 134 Å². The van der Waals surface area contributed by atoms with E-state index in [2.05, 4.69) is 26.3 Å². The summed E-state index contributed by atoms with van der Waals surface area (Å²) in [5.41, 5.74) is 5.88. The fourth-order valence-electron chi connectivity index (χ4n) is 5.18. The zero-order valence-electron chi connectivity index (χ0n) is 25.7. The molecule has 0 aliphatic rings. The van der Waals surface area contributed by atoms with Crippen LogP contribution in [0.1, 0.15) is 26.3 Å². The van der Waals surface area contributed by atoms with Crippen molar-refractivity contribution in [2.24, 2.45) is 10.2 Å². The van der Waals surface area contributed by atoms with E-state index in [0.29, 0.717) is 33.5 Å². The van der Waals surface area contributed by atoms with Gasteiger partial charge in [-0.3, -0.25) is 19.9 Å². The first-order chi connectivity index (χ1) is 22.9. The highest BCUT2D eigenvalue weighted by molar-refractivity contribution is 6.14. The van der Waals surface area contributed by atoms with E-state index in [-0.39, 0.29) is 29.5 Å². The number of methoxy groups -OCH3 is 1. The quantitative estimate of drug-likeness (QED) is 0.0894. The zero-order chi connectivity index (χ0) is 32.8. The van der Waals surface area contributed by atoms with Gasteiger partial charge in [-0.25, -0.2) is 0 Å². The maximum atomic E-state index is 13.7. The largest absolute Gasteiger partial charge is 0.505 e. The molecule has 10 nitrogen and oxygen atoms in total. The predicted octanol–water partition coefficient (Wildman–Crippen LogP) is 8.28. The van der Waals surface area contributed by atoms with Crippen molar-refractivity contribution >= 4 is 56.1 Å². The lowest BCUT2D eigenvalue weighted by atomic mass is 10.00. The Bertz CT molecular complexity index is 2130. The molecule has 0 bridgehead atoms. The molecule has 0 spiro atoms. The summed E-state index contributed by atoms with van der Waals surface area (Å²) in [4.78, 5) is 31.8. The van der Waals surface area contributed by atoms with Crippen molar-refractivity contribution in [2.75, 3.05) is 25.0 Å². The van der Waals surface area contributed by atoms with Gasteiger partial charge in [0, 0.05) is 29.1 Å². The lowest BCUT2D eigenvalue weighted by Crippen LogP contribution is -2.17. The summed E-state index contributed by atoms with van der Waals surface area (Å²) in [6.07, 6.45) is 0. The Morgan fingerprint density at radius 3 is 2.36 bits per heavy atom. The molecule has 47 heavy (non-hydrogen) atoms. The Morgan fingerprint density at radius 2 is 1.55 bits per heavy atom. The van der Waals surface area contributed by atoms with Crippen LogP contribution in [0.2, 0.25) is 0 Å². The Hall–Kier alpha value is -6.26. The number of benzene rings is 6. The smallest absolute Gasteiger partial charge is 0.259 e. The number of para-hydroxylation sites is 1.